The Morgan fingerprint density at radius 3 is 2.93 bits per heavy atom. The number of carboxylic acid groups (broad SMARTS) is 1. The molecule has 15 heavy (non-hydrogen) atoms. The fraction of sp³-hybridized carbons (Fsp3) is 0.909. The predicted molar refractivity (Wildman–Crippen MR) is 57.9 cm³/mol. The molecular formula is C11H21NO3. The van der Waals surface area contributed by atoms with E-state index in [0.717, 1.165) is 32.3 Å². The van der Waals surface area contributed by atoms with Crippen molar-refractivity contribution in [1.29, 1.82) is 0 Å². The molecule has 2 unspecified atom stereocenters. The Morgan fingerprint density at radius 1 is 1.60 bits per heavy atom. The minimum absolute atomic E-state index is 0.128. The lowest BCUT2D eigenvalue weighted by Gasteiger charge is -2.34. The van der Waals surface area contributed by atoms with Gasteiger partial charge in [-0.1, -0.05) is 13.3 Å². The van der Waals surface area contributed by atoms with Crippen LogP contribution >= 0.6 is 0 Å². The highest BCUT2D eigenvalue weighted by atomic mass is 16.5. The SMILES string of the molecule is CCCC1CC(N(C)CC(=O)O)CCO1. The van der Waals surface area contributed by atoms with Crippen LogP contribution in [0.2, 0.25) is 0 Å². The van der Waals surface area contributed by atoms with Gasteiger partial charge in [-0.2, -0.15) is 0 Å². The number of hydrogen-bond acceptors (Lipinski definition) is 3. The second-order valence-electron chi connectivity index (χ2n) is 4.27. The van der Waals surface area contributed by atoms with Gasteiger partial charge in [0.05, 0.1) is 12.6 Å². The van der Waals surface area contributed by atoms with Crippen LogP contribution in [0.5, 0.6) is 0 Å². The lowest BCUT2D eigenvalue weighted by molar-refractivity contribution is -0.139. The maximum absolute atomic E-state index is 10.6. The van der Waals surface area contributed by atoms with Crippen LogP contribution in [0.3, 0.4) is 0 Å². The molecule has 0 spiro atoms. The molecule has 1 rings (SSSR count). The van der Waals surface area contributed by atoms with E-state index in [4.69, 9.17) is 9.84 Å². The molecule has 1 heterocycles. The Bertz CT molecular complexity index is 206. The number of carbonyl (C=O) groups is 1. The molecule has 1 N–H and O–H groups in total. The summed E-state index contributed by atoms with van der Waals surface area (Å²) in [6.07, 6.45) is 4.45. The van der Waals surface area contributed by atoms with Crippen molar-refractivity contribution in [3.8, 4) is 0 Å². The fourth-order valence-electron chi connectivity index (χ4n) is 2.13. The number of likely N-dealkylation sites (N-methyl/N-ethyl adjacent to an activating group) is 1. The lowest BCUT2D eigenvalue weighted by atomic mass is 9.99. The van der Waals surface area contributed by atoms with Crippen molar-refractivity contribution in [2.75, 3.05) is 20.2 Å². The van der Waals surface area contributed by atoms with Crippen LogP contribution in [0.25, 0.3) is 0 Å². The van der Waals surface area contributed by atoms with Gasteiger partial charge < -0.3 is 9.84 Å². The van der Waals surface area contributed by atoms with Crippen LogP contribution in [0.1, 0.15) is 32.6 Å². The standard InChI is InChI=1S/C11H21NO3/c1-3-4-10-7-9(5-6-15-10)12(2)8-11(13)14/h9-10H,3-8H2,1-2H3,(H,13,14). The van der Waals surface area contributed by atoms with E-state index < -0.39 is 5.97 Å². The van der Waals surface area contributed by atoms with Crippen molar-refractivity contribution in [2.24, 2.45) is 0 Å². The number of nitrogens with zero attached hydrogens (tertiary/aromatic N) is 1. The zero-order valence-electron chi connectivity index (χ0n) is 9.61. The molecule has 2 atom stereocenters. The second kappa shape index (κ2) is 6.08. The quantitative estimate of drug-likeness (QED) is 0.752. The van der Waals surface area contributed by atoms with E-state index in [-0.39, 0.29) is 6.54 Å². The Balaban J connectivity index is 2.37. The Kier molecular flexibility index (Phi) is 5.05. The van der Waals surface area contributed by atoms with Crippen molar-refractivity contribution < 1.29 is 14.6 Å². The molecule has 0 saturated carbocycles. The minimum atomic E-state index is -0.754. The summed E-state index contributed by atoms with van der Waals surface area (Å²) in [5, 5.41) is 8.71. The van der Waals surface area contributed by atoms with Gasteiger partial charge in [0, 0.05) is 12.6 Å². The van der Waals surface area contributed by atoms with Gasteiger partial charge in [0.2, 0.25) is 0 Å². The summed E-state index contributed by atoms with van der Waals surface area (Å²) in [7, 11) is 1.88. The molecule has 1 aliphatic rings. The zero-order valence-corrected chi connectivity index (χ0v) is 9.61. The highest BCUT2D eigenvalue weighted by Crippen LogP contribution is 2.21. The summed E-state index contributed by atoms with van der Waals surface area (Å²) in [6.45, 7) is 3.04. The Morgan fingerprint density at radius 2 is 2.33 bits per heavy atom. The third-order valence-electron chi connectivity index (χ3n) is 2.96. The van der Waals surface area contributed by atoms with Crippen LogP contribution in [0.15, 0.2) is 0 Å². The largest absolute Gasteiger partial charge is 0.480 e. The highest BCUT2D eigenvalue weighted by Gasteiger charge is 2.25. The predicted octanol–water partition coefficient (Wildman–Crippen LogP) is 1.35. The number of rotatable bonds is 5. The van der Waals surface area contributed by atoms with Gasteiger partial charge in [-0.25, -0.2) is 0 Å². The van der Waals surface area contributed by atoms with E-state index in [1.165, 1.54) is 0 Å². The molecule has 0 aromatic heterocycles. The van der Waals surface area contributed by atoms with Crippen LogP contribution in [-0.2, 0) is 9.53 Å². The molecular weight excluding hydrogens is 194 g/mol. The summed E-state index contributed by atoms with van der Waals surface area (Å²) in [5.41, 5.74) is 0. The molecule has 1 fully saturated rings. The molecule has 0 bridgehead atoms. The van der Waals surface area contributed by atoms with Crippen LogP contribution in [0.4, 0.5) is 0 Å². The topological polar surface area (TPSA) is 49.8 Å². The number of ether oxygens (including phenoxy) is 1. The van der Waals surface area contributed by atoms with E-state index in [2.05, 4.69) is 6.92 Å². The summed E-state index contributed by atoms with van der Waals surface area (Å²) in [6, 6.07) is 0.367. The number of carboxylic acids is 1. The van der Waals surface area contributed by atoms with Crippen LogP contribution in [-0.4, -0.2) is 48.3 Å². The lowest BCUT2D eigenvalue weighted by Crippen LogP contribution is -2.42. The Hall–Kier alpha value is -0.610. The van der Waals surface area contributed by atoms with E-state index in [1.807, 2.05) is 11.9 Å². The summed E-state index contributed by atoms with van der Waals surface area (Å²) in [4.78, 5) is 12.5. The smallest absolute Gasteiger partial charge is 0.317 e. The maximum atomic E-state index is 10.6. The molecule has 88 valence electrons. The van der Waals surface area contributed by atoms with Crippen molar-refractivity contribution in [3.05, 3.63) is 0 Å². The van der Waals surface area contributed by atoms with Gasteiger partial charge in [-0.3, -0.25) is 9.69 Å². The van der Waals surface area contributed by atoms with Crippen LogP contribution in [0, 0.1) is 0 Å². The molecule has 1 saturated heterocycles. The molecule has 0 aromatic carbocycles. The van der Waals surface area contributed by atoms with E-state index in [0.29, 0.717) is 12.1 Å². The van der Waals surface area contributed by atoms with E-state index >= 15 is 0 Å². The van der Waals surface area contributed by atoms with Gasteiger partial charge in [0.1, 0.15) is 0 Å². The average molecular weight is 215 g/mol. The first-order chi connectivity index (χ1) is 7.13. The van der Waals surface area contributed by atoms with Gasteiger partial charge in [-0.15, -0.1) is 0 Å². The first kappa shape index (κ1) is 12.5. The van der Waals surface area contributed by atoms with Gasteiger partial charge in [0.15, 0.2) is 0 Å². The minimum Gasteiger partial charge on any atom is -0.480 e. The molecule has 4 nitrogen and oxygen atoms in total. The monoisotopic (exact) mass is 215 g/mol. The fourth-order valence-corrected chi connectivity index (χ4v) is 2.13. The third kappa shape index (κ3) is 4.18. The van der Waals surface area contributed by atoms with Crippen molar-refractivity contribution >= 4 is 5.97 Å². The first-order valence-electron chi connectivity index (χ1n) is 5.67. The zero-order chi connectivity index (χ0) is 11.3. The normalized spacial score (nSPS) is 26.9. The molecule has 0 amide bonds. The first-order valence-corrected chi connectivity index (χ1v) is 5.67. The summed E-state index contributed by atoms with van der Waals surface area (Å²) in [5.74, 6) is -0.754. The van der Waals surface area contributed by atoms with Crippen molar-refractivity contribution in [2.45, 2.75) is 44.8 Å². The molecule has 1 aliphatic heterocycles. The number of aliphatic carboxylic acids is 1. The molecule has 0 aromatic rings. The molecule has 0 radical (unpaired) electrons. The Labute approximate surface area is 91.2 Å². The molecule has 4 heteroatoms. The third-order valence-corrected chi connectivity index (χ3v) is 2.96. The average Bonchev–Trinajstić information content (AvgIpc) is 2.17. The second-order valence-corrected chi connectivity index (χ2v) is 4.27. The van der Waals surface area contributed by atoms with Gasteiger partial charge in [-0.05, 0) is 26.3 Å². The maximum Gasteiger partial charge on any atom is 0.317 e. The number of hydrogen-bond donors (Lipinski definition) is 1. The summed E-state index contributed by atoms with van der Waals surface area (Å²) < 4.78 is 5.63. The van der Waals surface area contributed by atoms with Gasteiger partial charge in [0.25, 0.3) is 0 Å². The van der Waals surface area contributed by atoms with Crippen molar-refractivity contribution in [1.82, 2.24) is 4.90 Å². The van der Waals surface area contributed by atoms with E-state index in [1.54, 1.807) is 0 Å². The van der Waals surface area contributed by atoms with Crippen molar-refractivity contribution in [3.63, 3.8) is 0 Å². The van der Waals surface area contributed by atoms with Gasteiger partial charge >= 0.3 is 5.97 Å². The van der Waals surface area contributed by atoms with E-state index in [9.17, 15) is 4.79 Å². The molecule has 0 aliphatic carbocycles. The highest BCUT2D eigenvalue weighted by molar-refractivity contribution is 5.69. The van der Waals surface area contributed by atoms with Crippen LogP contribution < -0.4 is 0 Å². The summed E-state index contributed by atoms with van der Waals surface area (Å²) >= 11 is 0.